The second kappa shape index (κ2) is 11.8. The number of aromatic nitrogens is 1. The lowest BCUT2D eigenvalue weighted by Crippen LogP contribution is -2.52. The van der Waals surface area contributed by atoms with Crippen molar-refractivity contribution in [3.05, 3.63) is 45.9 Å². The van der Waals surface area contributed by atoms with E-state index in [-0.39, 0.29) is 34.8 Å². The van der Waals surface area contributed by atoms with E-state index in [4.69, 9.17) is 4.74 Å². The number of Topliss-reactive ketones (excluding diaryl/α,β-unsaturated/α-hetero) is 1. The Balaban J connectivity index is 1.46. The number of morpholine rings is 1. The Morgan fingerprint density at radius 1 is 1.14 bits per heavy atom. The number of hydrogen-bond donors (Lipinski definition) is 0. The molecular weight excluding hydrogens is 514 g/mol. The van der Waals surface area contributed by atoms with Gasteiger partial charge in [0, 0.05) is 62.0 Å². The lowest BCUT2D eigenvalue weighted by Gasteiger charge is -2.39. The molecule has 1 aromatic heterocycles. The highest BCUT2D eigenvalue weighted by atomic mass is 32.2. The van der Waals surface area contributed by atoms with Crippen molar-refractivity contribution in [1.29, 1.82) is 0 Å². The summed E-state index contributed by atoms with van der Waals surface area (Å²) < 4.78 is 29.1. The molecule has 2 fully saturated rings. The van der Waals surface area contributed by atoms with Crippen molar-refractivity contribution in [3.63, 3.8) is 0 Å². The molecule has 4 rings (SSSR count). The van der Waals surface area contributed by atoms with Crippen LogP contribution in [0.5, 0.6) is 0 Å². The fraction of sp³-hybridized carbons (Fsp3) is 0.520. The highest BCUT2D eigenvalue weighted by Gasteiger charge is 2.26. The molecule has 0 spiro atoms. The predicted molar refractivity (Wildman–Crippen MR) is 141 cm³/mol. The minimum Gasteiger partial charge on any atom is -0.378 e. The van der Waals surface area contributed by atoms with E-state index in [1.54, 1.807) is 19.1 Å². The first-order valence-corrected chi connectivity index (χ1v) is 15.0. The van der Waals surface area contributed by atoms with E-state index < -0.39 is 9.84 Å². The Hall–Kier alpha value is -2.67. The summed E-state index contributed by atoms with van der Waals surface area (Å²) in [5, 5.41) is 7.15. The lowest BCUT2D eigenvalue weighted by atomic mass is 10.0. The number of rotatable bonds is 8. The van der Waals surface area contributed by atoms with Gasteiger partial charge in [-0.05, 0) is 19.1 Å². The third-order valence-electron chi connectivity index (χ3n) is 6.46. The van der Waals surface area contributed by atoms with Crippen LogP contribution in [0.4, 0.5) is 0 Å². The molecule has 1 amide bonds. The number of benzene rings is 1. The molecule has 2 aliphatic heterocycles. The first-order chi connectivity index (χ1) is 17.6. The monoisotopic (exact) mass is 547 g/mol. The second-order valence-corrected chi connectivity index (χ2v) is 12.6. The number of hydrogen-bond acceptors (Lipinski definition) is 10. The quantitative estimate of drug-likeness (QED) is 0.457. The highest BCUT2D eigenvalue weighted by Crippen LogP contribution is 2.20. The van der Waals surface area contributed by atoms with Crippen LogP contribution in [0.25, 0.3) is 0 Å². The van der Waals surface area contributed by atoms with Crippen LogP contribution in [-0.4, -0.2) is 104 Å². The normalized spacial score (nSPS) is 19.8. The van der Waals surface area contributed by atoms with Crippen molar-refractivity contribution in [1.82, 2.24) is 19.8 Å². The maximum atomic E-state index is 13.4. The van der Waals surface area contributed by atoms with Crippen molar-refractivity contribution < 1.29 is 22.7 Å². The van der Waals surface area contributed by atoms with Crippen molar-refractivity contribution in [3.8, 4) is 0 Å². The summed E-state index contributed by atoms with van der Waals surface area (Å²) in [6, 6.07) is 6.42. The standard InChI is InChI=1S/C25H33N5O5S2/c1-18-16-28(8-9-30(18)19(2)31)17-21-15-26-24(36-21)14-23(32)25(27-29-10-12-35-13-11-29)20-4-6-22(7-5-20)37(3,33)34/h4-7,15,18H,8-14,16-17H2,1-3H3/b27-25+/t18-/m0/s1. The summed E-state index contributed by atoms with van der Waals surface area (Å²) in [6.45, 7) is 8.92. The third kappa shape index (κ3) is 7.22. The molecule has 2 aliphatic rings. The van der Waals surface area contributed by atoms with E-state index in [9.17, 15) is 18.0 Å². The number of ketones is 1. The van der Waals surface area contributed by atoms with Gasteiger partial charge in [-0.15, -0.1) is 11.3 Å². The number of piperazine rings is 1. The van der Waals surface area contributed by atoms with Gasteiger partial charge in [-0.25, -0.2) is 13.4 Å². The number of thiazole rings is 1. The van der Waals surface area contributed by atoms with Gasteiger partial charge in [0.25, 0.3) is 0 Å². The first-order valence-electron chi connectivity index (χ1n) is 12.3. The predicted octanol–water partition coefficient (Wildman–Crippen LogP) is 1.45. The average Bonchev–Trinajstić information content (AvgIpc) is 3.29. The van der Waals surface area contributed by atoms with Gasteiger partial charge in [-0.1, -0.05) is 12.1 Å². The van der Waals surface area contributed by atoms with E-state index >= 15 is 0 Å². The largest absolute Gasteiger partial charge is 0.378 e. The van der Waals surface area contributed by atoms with Crippen molar-refractivity contribution in [2.45, 2.75) is 37.8 Å². The Morgan fingerprint density at radius 2 is 1.84 bits per heavy atom. The highest BCUT2D eigenvalue weighted by molar-refractivity contribution is 7.90. The molecule has 0 saturated carbocycles. The van der Waals surface area contributed by atoms with Crippen molar-refractivity contribution in [2.75, 3.05) is 52.2 Å². The molecule has 37 heavy (non-hydrogen) atoms. The summed E-state index contributed by atoms with van der Waals surface area (Å²) in [6.07, 6.45) is 3.07. The fourth-order valence-electron chi connectivity index (χ4n) is 4.52. The first kappa shape index (κ1) is 27.4. The maximum Gasteiger partial charge on any atom is 0.219 e. The minimum absolute atomic E-state index is 0.103. The number of nitrogens with zero attached hydrogens (tertiary/aromatic N) is 5. The molecule has 0 aliphatic carbocycles. The van der Waals surface area contributed by atoms with E-state index in [1.165, 1.54) is 23.5 Å². The van der Waals surface area contributed by atoms with Gasteiger partial charge in [0.05, 0.1) is 37.6 Å². The van der Waals surface area contributed by atoms with Crippen LogP contribution < -0.4 is 0 Å². The van der Waals surface area contributed by atoms with Crippen LogP contribution >= 0.6 is 11.3 Å². The molecule has 2 saturated heterocycles. The smallest absolute Gasteiger partial charge is 0.219 e. The molecule has 0 bridgehead atoms. The van der Waals surface area contributed by atoms with Gasteiger partial charge in [-0.3, -0.25) is 19.5 Å². The van der Waals surface area contributed by atoms with Crippen LogP contribution in [0, 0.1) is 0 Å². The van der Waals surface area contributed by atoms with E-state index in [0.717, 1.165) is 30.8 Å². The van der Waals surface area contributed by atoms with Crippen LogP contribution in [0.2, 0.25) is 0 Å². The number of carbonyl (C=O) groups excluding carboxylic acids is 2. The van der Waals surface area contributed by atoms with Crippen LogP contribution in [0.1, 0.15) is 29.3 Å². The van der Waals surface area contributed by atoms with Gasteiger partial charge in [0.2, 0.25) is 5.91 Å². The van der Waals surface area contributed by atoms with E-state index in [1.807, 2.05) is 16.1 Å². The van der Waals surface area contributed by atoms with E-state index in [2.05, 4.69) is 21.9 Å². The summed E-state index contributed by atoms with van der Waals surface area (Å²) in [7, 11) is -3.35. The Kier molecular flexibility index (Phi) is 8.73. The lowest BCUT2D eigenvalue weighted by molar-refractivity contribution is -0.133. The molecule has 3 heterocycles. The summed E-state index contributed by atoms with van der Waals surface area (Å²) >= 11 is 1.51. The number of carbonyl (C=O) groups is 2. The van der Waals surface area contributed by atoms with Gasteiger partial charge in [0.1, 0.15) is 10.7 Å². The summed E-state index contributed by atoms with van der Waals surface area (Å²) in [4.78, 5) is 35.1. The SMILES string of the molecule is CC(=O)N1CCN(Cc2cnc(CC(=O)/C(=N/N3CCOCC3)c3ccc(S(C)(=O)=O)cc3)s2)C[C@@H]1C. The zero-order valence-electron chi connectivity index (χ0n) is 21.4. The van der Waals surface area contributed by atoms with Crippen molar-refractivity contribution in [2.24, 2.45) is 5.10 Å². The molecular formula is C25H33N5O5S2. The third-order valence-corrected chi connectivity index (χ3v) is 8.57. The second-order valence-electron chi connectivity index (χ2n) is 9.43. The number of ether oxygens (including phenoxy) is 1. The molecule has 0 radical (unpaired) electrons. The fourth-order valence-corrected chi connectivity index (χ4v) is 6.11. The van der Waals surface area contributed by atoms with Crippen LogP contribution in [0.15, 0.2) is 40.5 Å². The minimum atomic E-state index is -3.35. The maximum absolute atomic E-state index is 13.4. The molecule has 10 nitrogen and oxygen atoms in total. The number of hydrazone groups is 1. The Labute approximate surface area is 221 Å². The van der Waals surface area contributed by atoms with Crippen LogP contribution in [-0.2, 0) is 37.1 Å². The van der Waals surface area contributed by atoms with Crippen LogP contribution in [0.3, 0.4) is 0 Å². The molecule has 12 heteroatoms. The summed E-state index contributed by atoms with van der Waals surface area (Å²) in [5.74, 6) is -0.0746. The number of sulfone groups is 1. The molecule has 0 N–H and O–H groups in total. The van der Waals surface area contributed by atoms with Gasteiger partial charge in [0.15, 0.2) is 15.6 Å². The van der Waals surface area contributed by atoms with Crippen molar-refractivity contribution >= 4 is 38.6 Å². The topological polar surface area (TPSA) is 112 Å². The molecule has 0 unspecified atom stereocenters. The van der Waals surface area contributed by atoms with Gasteiger partial charge >= 0.3 is 0 Å². The Bertz CT molecular complexity index is 1250. The molecule has 1 atom stereocenters. The van der Waals surface area contributed by atoms with Gasteiger partial charge < -0.3 is 9.64 Å². The molecule has 200 valence electrons. The summed E-state index contributed by atoms with van der Waals surface area (Å²) in [5.41, 5.74) is 0.853. The average molecular weight is 548 g/mol. The zero-order valence-corrected chi connectivity index (χ0v) is 23.1. The number of amides is 1. The van der Waals surface area contributed by atoms with E-state index in [0.29, 0.717) is 43.4 Å². The van der Waals surface area contributed by atoms with Gasteiger partial charge in [-0.2, -0.15) is 5.10 Å². The molecule has 1 aromatic carbocycles. The Morgan fingerprint density at radius 3 is 2.46 bits per heavy atom. The molecule has 2 aromatic rings. The zero-order chi connectivity index (χ0) is 26.6.